The Morgan fingerprint density at radius 3 is 1.65 bits per heavy atom. The average molecular weight is 623 g/mol. The van der Waals surface area contributed by atoms with Gasteiger partial charge in [0, 0.05) is 5.41 Å². The van der Waals surface area contributed by atoms with Crippen LogP contribution >= 0.6 is 0 Å². The molecule has 0 unspecified atom stereocenters. The van der Waals surface area contributed by atoms with Gasteiger partial charge in [-0.15, -0.1) is 0 Å². The summed E-state index contributed by atoms with van der Waals surface area (Å²) in [6.07, 6.45) is 0. The van der Waals surface area contributed by atoms with Gasteiger partial charge in [0.1, 0.15) is 0 Å². The van der Waals surface area contributed by atoms with Gasteiger partial charge in [-0.25, -0.2) is 0 Å². The van der Waals surface area contributed by atoms with Gasteiger partial charge < -0.3 is 0 Å². The van der Waals surface area contributed by atoms with Crippen molar-refractivity contribution in [2.24, 2.45) is 0 Å². The fourth-order valence-corrected chi connectivity index (χ4v) is 8.43. The summed E-state index contributed by atoms with van der Waals surface area (Å²) in [4.78, 5) is 0. The number of benzene rings is 9. The smallest absolute Gasteiger partial charge is 0.0159 e. The molecule has 0 aliphatic heterocycles. The highest BCUT2D eigenvalue weighted by atomic mass is 14.4. The van der Waals surface area contributed by atoms with Gasteiger partial charge in [-0.2, -0.15) is 0 Å². The van der Waals surface area contributed by atoms with E-state index in [1.807, 2.05) is 0 Å². The molecule has 230 valence electrons. The van der Waals surface area contributed by atoms with E-state index in [1.165, 1.54) is 98.7 Å². The molecule has 0 N–H and O–H groups in total. The van der Waals surface area contributed by atoms with Crippen LogP contribution in [-0.2, 0) is 5.41 Å². The molecule has 0 nitrogen and oxygen atoms in total. The number of rotatable bonds is 3. The molecule has 1 aliphatic carbocycles. The molecule has 0 aromatic heterocycles. The molecule has 0 heteroatoms. The normalized spacial score (nSPS) is 13.3. The lowest BCUT2D eigenvalue weighted by molar-refractivity contribution is 0.660. The van der Waals surface area contributed by atoms with E-state index >= 15 is 0 Å². The molecular formula is C49H34. The summed E-state index contributed by atoms with van der Waals surface area (Å²) >= 11 is 0. The Hall–Kier alpha value is -5.98. The Balaban J connectivity index is 1.03. The Labute approximate surface area is 286 Å². The van der Waals surface area contributed by atoms with Gasteiger partial charge in [0.15, 0.2) is 0 Å². The van der Waals surface area contributed by atoms with Crippen LogP contribution < -0.4 is 0 Å². The lowest BCUT2D eigenvalue weighted by Gasteiger charge is -2.22. The van der Waals surface area contributed by atoms with E-state index in [2.05, 4.69) is 184 Å². The van der Waals surface area contributed by atoms with Gasteiger partial charge in [0.05, 0.1) is 0 Å². The lowest BCUT2D eigenvalue weighted by atomic mass is 9.81. The molecule has 0 saturated carbocycles. The Morgan fingerprint density at radius 1 is 0.286 bits per heavy atom. The maximum atomic E-state index is 2.42. The van der Waals surface area contributed by atoms with Gasteiger partial charge in [0.2, 0.25) is 0 Å². The molecule has 0 amide bonds. The van der Waals surface area contributed by atoms with Gasteiger partial charge >= 0.3 is 0 Å². The van der Waals surface area contributed by atoms with Crippen molar-refractivity contribution in [3.05, 3.63) is 181 Å². The first-order chi connectivity index (χ1) is 24.0. The topological polar surface area (TPSA) is 0 Å². The molecule has 9 aromatic carbocycles. The minimum Gasteiger partial charge on any atom is -0.0619 e. The van der Waals surface area contributed by atoms with Crippen molar-refractivity contribution in [1.29, 1.82) is 0 Å². The van der Waals surface area contributed by atoms with E-state index < -0.39 is 0 Å². The largest absolute Gasteiger partial charge is 0.0619 e. The zero-order chi connectivity index (χ0) is 32.7. The van der Waals surface area contributed by atoms with Gasteiger partial charge in [-0.3, -0.25) is 0 Å². The van der Waals surface area contributed by atoms with Crippen molar-refractivity contribution in [2.75, 3.05) is 0 Å². The molecule has 1 aliphatic rings. The van der Waals surface area contributed by atoms with Crippen molar-refractivity contribution < 1.29 is 0 Å². The van der Waals surface area contributed by atoms with Crippen molar-refractivity contribution in [2.45, 2.75) is 19.3 Å². The van der Waals surface area contributed by atoms with E-state index in [4.69, 9.17) is 0 Å². The third-order valence-electron chi connectivity index (χ3n) is 11.1. The summed E-state index contributed by atoms with van der Waals surface area (Å²) in [5.41, 5.74) is 13.0. The van der Waals surface area contributed by atoms with Crippen molar-refractivity contribution in [3.63, 3.8) is 0 Å². The highest BCUT2D eigenvalue weighted by Crippen LogP contribution is 2.49. The van der Waals surface area contributed by atoms with Crippen LogP contribution in [0.5, 0.6) is 0 Å². The average Bonchev–Trinajstić information content (AvgIpc) is 3.39. The lowest BCUT2D eigenvalue weighted by Crippen LogP contribution is -2.14. The summed E-state index contributed by atoms with van der Waals surface area (Å²) in [6.45, 7) is 4.70. The minimum atomic E-state index is -0.00889. The van der Waals surface area contributed by atoms with Crippen LogP contribution in [0.1, 0.15) is 25.0 Å². The van der Waals surface area contributed by atoms with Crippen LogP contribution in [0.2, 0.25) is 0 Å². The number of hydrogen-bond acceptors (Lipinski definition) is 0. The molecule has 0 bridgehead atoms. The molecule has 0 spiro atoms. The zero-order valence-corrected chi connectivity index (χ0v) is 27.7. The Morgan fingerprint density at radius 2 is 0.837 bits per heavy atom. The summed E-state index contributed by atoms with van der Waals surface area (Å²) < 4.78 is 0. The second kappa shape index (κ2) is 10.5. The molecule has 9 aromatic rings. The molecule has 0 atom stereocenters. The van der Waals surface area contributed by atoms with Crippen LogP contribution in [-0.4, -0.2) is 0 Å². The van der Waals surface area contributed by atoms with E-state index in [0.717, 1.165) is 0 Å². The van der Waals surface area contributed by atoms with Crippen LogP contribution in [0.25, 0.3) is 87.6 Å². The summed E-state index contributed by atoms with van der Waals surface area (Å²) in [6, 6.07) is 63.2. The molecule has 0 fully saturated rings. The predicted octanol–water partition coefficient (Wildman–Crippen LogP) is 13.6. The quantitative estimate of drug-likeness (QED) is 0.172. The molecule has 0 heterocycles. The van der Waals surface area contributed by atoms with Crippen LogP contribution in [0.15, 0.2) is 170 Å². The van der Waals surface area contributed by atoms with E-state index in [0.29, 0.717) is 0 Å². The van der Waals surface area contributed by atoms with Crippen LogP contribution in [0.4, 0.5) is 0 Å². The van der Waals surface area contributed by atoms with Gasteiger partial charge in [-0.1, -0.05) is 159 Å². The van der Waals surface area contributed by atoms with Crippen molar-refractivity contribution in [3.8, 4) is 44.5 Å². The third-order valence-corrected chi connectivity index (χ3v) is 11.1. The molecule has 0 radical (unpaired) electrons. The number of fused-ring (bicyclic) bond motifs is 9. The SMILES string of the molecule is CC1(C)c2ccccc2-c2ccc(-c3ccc4ccc(-c5ccc(-c6cc7c8ccccc8ccc7c7ccccc67)cc5)cc4c3)cc21. The molecule has 0 saturated heterocycles. The zero-order valence-electron chi connectivity index (χ0n) is 27.7. The first-order valence-corrected chi connectivity index (χ1v) is 17.3. The Bertz CT molecular complexity index is 2780. The highest BCUT2D eigenvalue weighted by Gasteiger charge is 2.35. The van der Waals surface area contributed by atoms with E-state index in [-0.39, 0.29) is 5.41 Å². The van der Waals surface area contributed by atoms with E-state index in [1.54, 1.807) is 0 Å². The first kappa shape index (κ1) is 28.1. The van der Waals surface area contributed by atoms with E-state index in [9.17, 15) is 0 Å². The summed E-state index contributed by atoms with van der Waals surface area (Å²) in [7, 11) is 0. The van der Waals surface area contributed by atoms with Gasteiger partial charge in [0.25, 0.3) is 0 Å². The molecular weight excluding hydrogens is 589 g/mol. The second-order valence-electron chi connectivity index (χ2n) is 14.1. The standard InChI is InChI=1S/C49H34/c1-49(2)47-14-8-7-13-43(47)44-26-24-37(29-48(44)49)36-22-18-32-17-21-35(27-38(32)28-36)31-15-19-34(20-16-31)45-30-46-39-10-4-3-9-33(39)23-25-42(46)40-11-5-6-12-41(40)45/h3-30H,1-2H3. The molecule has 10 rings (SSSR count). The Kier molecular flexibility index (Phi) is 6.02. The minimum absolute atomic E-state index is 0.00889. The maximum Gasteiger partial charge on any atom is 0.0159 e. The molecule has 49 heavy (non-hydrogen) atoms. The number of hydrogen-bond donors (Lipinski definition) is 0. The fourth-order valence-electron chi connectivity index (χ4n) is 8.43. The third kappa shape index (κ3) is 4.31. The second-order valence-corrected chi connectivity index (χ2v) is 14.1. The predicted molar refractivity (Wildman–Crippen MR) is 210 cm³/mol. The summed E-state index contributed by atoms with van der Waals surface area (Å²) in [5, 5.41) is 10.3. The maximum absolute atomic E-state index is 2.42. The van der Waals surface area contributed by atoms with Crippen LogP contribution in [0, 0.1) is 0 Å². The fraction of sp³-hybridized carbons (Fsp3) is 0.0612. The summed E-state index contributed by atoms with van der Waals surface area (Å²) in [5.74, 6) is 0. The van der Waals surface area contributed by atoms with Gasteiger partial charge in [-0.05, 0) is 123 Å². The van der Waals surface area contributed by atoms with Crippen LogP contribution in [0.3, 0.4) is 0 Å². The first-order valence-electron chi connectivity index (χ1n) is 17.3. The van der Waals surface area contributed by atoms with Crippen molar-refractivity contribution >= 4 is 43.1 Å². The van der Waals surface area contributed by atoms with Crippen molar-refractivity contribution in [1.82, 2.24) is 0 Å². The monoisotopic (exact) mass is 622 g/mol. The highest BCUT2D eigenvalue weighted by molar-refractivity contribution is 6.21.